The summed E-state index contributed by atoms with van der Waals surface area (Å²) in [6, 6.07) is 10.4. The zero-order valence-corrected chi connectivity index (χ0v) is 12.4. The summed E-state index contributed by atoms with van der Waals surface area (Å²) in [7, 11) is -3.44. The van der Waals surface area contributed by atoms with Gasteiger partial charge in [0, 0.05) is 38.3 Å². The molecule has 2 heterocycles. The van der Waals surface area contributed by atoms with Crippen LogP contribution in [0, 0.1) is 5.92 Å². The molecule has 6 nitrogen and oxygen atoms in total. The van der Waals surface area contributed by atoms with E-state index in [0.717, 1.165) is 18.8 Å². The van der Waals surface area contributed by atoms with Crippen molar-refractivity contribution >= 4 is 10.0 Å². The Morgan fingerprint density at radius 1 is 1.29 bits per heavy atom. The fraction of sp³-hybridized carbons (Fsp3) is 0.357. The van der Waals surface area contributed by atoms with Gasteiger partial charge >= 0.3 is 0 Å². The number of hydrogen-bond acceptors (Lipinski definition) is 4. The highest BCUT2D eigenvalue weighted by Crippen LogP contribution is 2.11. The number of aromatic nitrogens is 2. The van der Waals surface area contributed by atoms with Gasteiger partial charge in [-0.15, -0.1) is 0 Å². The molecule has 0 amide bonds. The highest BCUT2D eigenvalue weighted by molar-refractivity contribution is 7.89. The van der Waals surface area contributed by atoms with Gasteiger partial charge in [-0.2, -0.15) is 5.10 Å². The number of sulfonamides is 1. The Morgan fingerprint density at radius 2 is 2.10 bits per heavy atom. The number of hydrogen-bond donors (Lipinski definition) is 2. The monoisotopic (exact) mass is 306 g/mol. The molecule has 2 aromatic rings. The van der Waals surface area contributed by atoms with E-state index < -0.39 is 10.0 Å². The fourth-order valence-electron chi connectivity index (χ4n) is 2.44. The first-order chi connectivity index (χ1) is 10.1. The molecule has 0 aliphatic carbocycles. The molecule has 1 atom stereocenters. The molecule has 0 fully saturated rings. The Bertz CT molecular complexity index is 697. The lowest BCUT2D eigenvalue weighted by atomic mass is 10.1. The first-order valence-electron chi connectivity index (χ1n) is 6.91. The normalized spacial score (nSPS) is 19.0. The van der Waals surface area contributed by atoms with E-state index >= 15 is 0 Å². The van der Waals surface area contributed by atoms with Crippen LogP contribution in [0.5, 0.6) is 0 Å². The number of benzene rings is 1. The fourth-order valence-corrected chi connectivity index (χ4v) is 3.57. The number of rotatable bonds is 4. The molecule has 0 spiro atoms. The van der Waals surface area contributed by atoms with Gasteiger partial charge in [-0.1, -0.05) is 18.2 Å². The Labute approximate surface area is 124 Å². The average molecular weight is 306 g/mol. The zero-order chi connectivity index (χ0) is 14.7. The van der Waals surface area contributed by atoms with Crippen LogP contribution in [-0.2, 0) is 23.1 Å². The molecule has 0 saturated heterocycles. The van der Waals surface area contributed by atoms with E-state index in [1.807, 2.05) is 10.7 Å². The third-order valence-electron chi connectivity index (χ3n) is 3.59. The van der Waals surface area contributed by atoms with E-state index in [1.165, 1.54) is 0 Å². The molecular weight excluding hydrogens is 288 g/mol. The van der Waals surface area contributed by atoms with Crippen molar-refractivity contribution in [1.29, 1.82) is 0 Å². The van der Waals surface area contributed by atoms with Crippen molar-refractivity contribution in [2.45, 2.75) is 18.0 Å². The van der Waals surface area contributed by atoms with Gasteiger partial charge in [-0.05, 0) is 18.2 Å². The van der Waals surface area contributed by atoms with E-state index in [-0.39, 0.29) is 5.92 Å². The second kappa shape index (κ2) is 5.97. The van der Waals surface area contributed by atoms with Crippen LogP contribution in [0.25, 0.3) is 0 Å². The number of fused-ring (bicyclic) bond motifs is 1. The highest BCUT2D eigenvalue weighted by atomic mass is 32.2. The van der Waals surface area contributed by atoms with Crippen LogP contribution in [0.3, 0.4) is 0 Å². The molecule has 0 unspecified atom stereocenters. The van der Waals surface area contributed by atoms with E-state index in [4.69, 9.17) is 0 Å². The minimum absolute atomic E-state index is 0.171. The first-order valence-corrected chi connectivity index (χ1v) is 8.39. The van der Waals surface area contributed by atoms with E-state index in [1.54, 1.807) is 36.5 Å². The summed E-state index contributed by atoms with van der Waals surface area (Å²) in [4.78, 5) is 0.298. The third-order valence-corrected chi connectivity index (χ3v) is 5.03. The summed E-state index contributed by atoms with van der Waals surface area (Å²) in [6.07, 6.45) is 1.77. The molecule has 21 heavy (non-hydrogen) atoms. The number of nitrogens with zero attached hydrogens (tertiary/aromatic N) is 2. The largest absolute Gasteiger partial charge is 0.311 e. The highest BCUT2D eigenvalue weighted by Gasteiger charge is 2.20. The Kier molecular flexibility index (Phi) is 4.05. The molecule has 0 saturated carbocycles. The maximum Gasteiger partial charge on any atom is 0.240 e. The molecule has 1 aromatic heterocycles. The smallest absolute Gasteiger partial charge is 0.240 e. The van der Waals surface area contributed by atoms with Crippen molar-refractivity contribution in [2.75, 3.05) is 13.1 Å². The summed E-state index contributed by atoms with van der Waals surface area (Å²) < 4.78 is 29.0. The minimum Gasteiger partial charge on any atom is -0.311 e. The number of nitrogens with one attached hydrogen (secondary N) is 2. The standard InChI is InChI=1S/C14H18N4O2S/c19-21(20,14-4-2-1-3-5-14)17-9-12-8-15-10-13-6-7-16-18(13)11-12/h1-7,12,15,17H,8-11H2/t12-/m1/s1. The summed E-state index contributed by atoms with van der Waals surface area (Å²) in [5.74, 6) is 0.171. The van der Waals surface area contributed by atoms with Crippen LogP contribution in [0.15, 0.2) is 47.5 Å². The summed E-state index contributed by atoms with van der Waals surface area (Å²) in [5.41, 5.74) is 1.13. The van der Waals surface area contributed by atoms with Crippen molar-refractivity contribution in [1.82, 2.24) is 19.8 Å². The molecule has 2 N–H and O–H groups in total. The van der Waals surface area contributed by atoms with Crippen LogP contribution < -0.4 is 10.0 Å². The topological polar surface area (TPSA) is 76.0 Å². The minimum atomic E-state index is -3.44. The lowest BCUT2D eigenvalue weighted by molar-refractivity contribution is 0.416. The second-order valence-corrected chi connectivity index (χ2v) is 6.93. The van der Waals surface area contributed by atoms with Gasteiger partial charge in [0.15, 0.2) is 0 Å². The van der Waals surface area contributed by atoms with Crippen LogP contribution in [0.2, 0.25) is 0 Å². The van der Waals surface area contributed by atoms with Crippen LogP contribution >= 0.6 is 0 Å². The molecule has 0 bridgehead atoms. The lowest BCUT2D eigenvalue weighted by Crippen LogP contribution is -2.35. The molecule has 1 aliphatic rings. The molecule has 3 rings (SSSR count). The van der Waals surface area contributed by atoms with Crippen molar-refractivity contribution < 1.29 is 8.42 Å². The molecule has 1 aliphatic heterocycles. The predicted octanol–water partition coefficient (Wildman–Crippen LogP) is 0.581. The molecule has 1 aromatic carbocycles. The first kappa shape index (κ1) is 14.2. The van der Waals surface area contributed by atoms with Gasteiger partial charge in [-0.25, -0.2) is 13.1 Å². The third kappa shape index (κ3) is 3.31. The zero-order valence-electron chi connectivity index (χ0n) is 11.6. The van der Waals surface area contributed by atoms with E-state index in [2.05, 4.69) is 15.1 Å². The van der Waals surface area contributed by atoms with Crippen molar-refractivity contribution in [2.24, 2.45) is 5.92 Å². The second-order valence-electron chi connectivity index (χ2n) is 5.17. The quantitative estimate of drug-likeness (QED) is 0.866. The molecular formula is C14H18N4O2S. The van der Waals surface area contributed by atoms with Gasteiger partial charge in [0.2, 0.25) is 10.0 Å². The Hall–Kier alpha value is -1.70. The van der Waals surface area contributed by atoms with Gasteiger partial charge in [0.1, 0.15) is 0 Å². The summed E-state index contributed by atoms with van der Waals surface area (Å²) in [6.45, 7) is 2.64. The van der Waals surface area contributed by atoms with Gasteiger partial charge in [0.05, 0.1) is 10.6 Å². The van der Waals surface area contributed by atoms with Gasteiger partial charge < -0.3 is 5.32 Å². The van der Waals surface area contributed by atoms with E-state index in [9.17, 15) is 8.42 Å². The van der Waals surface area contributed by atoms with Gasteiger partial charge in [-0.3, -0.25) is 4.68 Å². The van der Waals surface area contributed by atoms with Crippen molar-refractivity contribution in [3.63, 3.8) is 0 Å². The summed E-state index contributed by atoms with van der Waals surface area (Å²) in [5, 5.41) is 7.59. The van der Waals surface area contributed by atoms with Crippen LogP contribution in [0.1, 0.15) is 5.69 Å². The Balaban J connectivity index is 1.65. The molecule has 7 heteroatoms. The van der Waals surface area contributed by atoms with E-state index in [0.29, 0.717) is 18.0 Å². The average Bonchev–Trinajstić information content (AvgIpc) is 2.84. The molecule has 0 radical (unpaired) electrons. The van der Waals surface area contributed by atoms with Gasteiger partial charge in [0.25, 0.3) is 0 Å². The van der Waals surface area contributed by atoms with Crippen molar-refractivity contribution in [3.05, 3.63) is 48.3 Å². The van der Waals surface area contributed by atoms with Crippen molar-refractivity contribution in [3.8, 4) is 0 Å². The molecule has 112 valence electrons. The lowest BCUT2D eigenvalue weighted by Gasteiger charge is -2.15. The van der Waals surface area contributed by atoms with Crippen LogP contribution in [0.4, 0.5) is 0 Å². The Morgan fingerprint density at radius 3 is 2.90 bits per heavy atom. The maximum atomic E-state index is 12.2. The maximum absolute atomic E-state index is 12.2. The van der Waals surface area contributed by atoms with Crippen LogP contribution in [-0.4, -0.2) is 31.3 Å². The predicted molar refractivity (Wildman–Crippen MR) is 79.1 cm³/mol. The SMILES string of the molecule is O=S(=O)(NC[C@H]1CNCc2ccnn2C1)c1ccccc1. The summed E-state index contributed by atoms with van der Waals surface area (Å²) >= 11 is 0.